The van der Waals surface area contributed by atoms with Gasteiger partial charge in [-0.05, 0) is 51.8 Å². The van der Waals surface area contributed by atoms with Gasteiger partial charge in [-0.3, -0.25) is 9.36 Å². The highest BCUT2D eigenvalue weighted by molar-refractivity contribution is 6.32. The van der Waals surface area contributed by atoms with Crippen LogP contribution in [0, 0.1) is 0 Å². The fraction of sp³-hybridized carbons (Fsp3) is 0.476. The van der Waals surface area contributed by atoms with Crippen LogP contribution in [0.3, 0.4) is 0 Å². The summed E-state index contributed by atoms with van der Waals surface area (Å²) in [5, 5.41) is 2.68. The lowest BCUT2D eigenvalue weighted by Crippen LogP contribution is -2.48. The maximum atomic E-state index is 12.9. The standard InChI is InChI=1S/C21H24ClF3N4O3/c1-20(2,3)32-19(31)28-9-6-14(7-10-28)27-18(30)16-5-4-8-29(16)17-15(22)11-13(12-26-17)21(23,24)25/h4-5,8,11-12,14H,6-7,9-10H2,1-3H3,(H,27,30). The van der Waals surface area contributed by atoms with E-state index in [4.69, 9.17) is 16.3 Å². The molecule has 11 heteroatoms. The third kappa shape index (κ3) is 5.73. The first kappa shape index (κ1) is 23.9. The zero-order chi connectivity index (χ0) is 23.7. The molecular formula is C21H24ClF3N4O3. The molecular weight excluding hydrogens is 449 g/mol. The van der Waals surface area contributed by atoms with E-state index in [0.29, 0.717) is 32.1 Å². The molecule has 2 aromatic rings. The molecule has 1 N–H and O–H groups in total. The van der Waals surface area contributed by atoms with Crippen molar-refractivity contribution in [3.05, 3.63) is 46.9 Å². The van der Waals surface area contributed by atoms with Crippen LogP contribution < -0.4 is 5.32 Å². The van der Waals surface area contributed by atoms with E-state index in [1.54, 1.807) is 31.7 Å². The van der Waals surface area contributed by atoms with Gasteiger partial charge in [-0.15, -0.1) is 0 Å². The molecule has 174 valence electrons. The maximum absolute atomic E-state index is 12.9. The number of pyridine rings is 1. The number of likely N-dealkylation sites (tertiary alicyclic amines) is 1. The van der Waals surface area contributed by atoms with Gasteiger partial charge in [-0.1, -0.05) is 11.6 Å². The van der Waals surface area contributed by atoms with Gasteiger partial charge in [-0.25, -0.2) is 9.78 Å². The monoisotopic (exact) mass is 472 g/mol. The van der Waals surface area contributed by atoms with Gasteiger partial charge in [-0.2, -0.15) is 13.2 Å². The second-order valence-electron chi connectivity index (χ2n) is 8.51. The second kappa shape index (κ2) is 9.01. The molecule has 0 saturated carbocycles. The molecule has 1 fully saturated rings. The first-order chi connectivity index (χ1) is 14.8. The van der Waals surface area contributed by atoms with Gasteiger partial charge in [0.15, 0.2) is 5.82 Å². The van der Waals surface area contributed by atoms with Crippen LogP contribution in [-0.2, 0) is 10.9 Å². The van der Waals surface area contributed by atoms with E-state index in [0.717, 1.165) is 6.07 Å². The predicted octanol–water partition coefficient (Wildman–Crippen LogP) is 4.67. The molecule has 0 radical (unpaired) electrons. The highest BCUT2D eigenvalue weighted by Gasteiger charge is 2.32. The minimum Gasteiger partial charge on any atom is -0.444 e. The number of carbonyl (C=O) groups excluding carboxylic acids is 2. The Morgan fingerprint density at radius 1 is 1.22 bits per heavy atom. The first-order valence-corrected chi connectivity index (χ1v) is 10.4. The van der Waals surface area contributed by atoms with E-state index in [1.165, 1.54) is 16.8 Å². The number of ether oxygens (including phenoxy) is 1. The average molecular weight is 473 g/mol. The Labute approximate surface area is 188 Å². The van der Waals surface area contributed by atoms with E-state index in [-0.39, 0.29) is 28.7 Å². The highest BCUT2D eigenvalue weighted by Crippen LogP contribution is 2.32. The molecule has 3 heterocycles. The summed E-state index contributed by atoms with van der Waals surface area (Å²) in [6, 6.07) is 3.72. The van der Waals surface area contributed by atoms with E-state index < -0.39 is 23.2 Å². The van der Waals surface area contributed by atoms with Crippen LogP contribution >= 0.6 is 11.6 Å². The normalized spacial score (nSPS) is 15.5. The van der Waals surface area contributed by atoms with Crippen molar-refractivity contribution in [1.29, 1.82) is 0 Å². The quantitative estimate of drug-likeness (QED) is 0.704. The molecule has 0 unspecified atom stereocenters. The Hall–Kier alpha value is -2.75. The SMILES string of the molecule is CC(C)(C)OC(=O)N1CCC(NC(=O)c2cccn2-c2ncc(C(F)(F)F)cc2Cl)CC1. The summed E-state index contributed by atoms with van der Waals surface area (Å²) in [6.07, 6.45) is -1.69. The smallest absolute Gasteiger partial charge is 0.417 e. The molecule has 2 aromatic heterocycles. The summed E-state index contributed by atoms with van der Waals surface area (Å²) in [4.78, 5) is 30.4. The average Bonchev–Trinajstić information content (AvgIpc) is 3.16. The van der Waals surface area contributed by atoms with Gasteiger partial charge in [0, 0.05) is 31.5 Å². The van der Waals surface area contributed by atoms with Gasteiger partial charge in [0.2, 0.25) is 0 Å². The number of piperidine rings is 1. The molecule has 0 aliphatic carbocycles. The van der Waals surface area contributed by atoms with Gasteiger partial charge >= 0.3 is 12.3 Å². The minimum absolute atomic E-state index is 0.0227. The summed E-state index contributed by atoms with van der Waals surface area (Å²) in [7, 11) is 0. The summed E-state index contributed by atoms with van der Waals surface area (Å²) in [5.41, 5.74) is -1.36. The van der Waals surface area contributed by atoms with E-state index in [1.807, 2.05) is 0 Å². The van der Waals surface area contributed by atoms with E-state index in [2.05, 4.69) is 10.3 Å². The highest BCUT2D eigenvalue weighted by atomic mass is 35.5. The number of amides is 2. The van der Waals surface area contributed by atoms with E-state index >= 15 is 0 Å². The molecule has 0 aromatic carbocycles. The Bertz CT molecular complexity index is 993. The van der Waals surface area contributed by atoms with Crippen molar-refractivity contribution in [3.63, 3.8) is 0 Å². The molecule has 32 heavy (non-hydrogen) atoms. The van der Waals surface area contributed by atoms with Crippen LogP contribution in [-0.4, -0.2) is 51.2 Å². The molecule has 7 nitrogen and oxygen atoms in total. The van der Waals surface area contributed by atoms with Crippen LogP contribution in [0.5, 0.6) is 0 Å². The van der Waals surface area contributed by atoms with Crippen LogP contribution in [0.4, 0.5) is 18.0 Å². The third-order valence-electron chi connectivity index (χ3n) is 4.84. The van der Waals surface area contributed by atoms with Crippen LogP contribution in [0.2, 0.25) is 5.02 Å². The third-order valence-corrected chi connectivity index (χ3v) is 5.12. The number of aromatic nitrogens is 2. The number of hydrogen-bond acceptors (Lipinski definition) is 4. The first-order valence-electron chi connectivity index (χ1n) is 10.0. The Balaban J connectivity index is 1.65. The topological polar surface area (TPSA) is 76.5 Å². The molecule has 0 bridgehead atoms. The fourth-order valence-corrected chi connectivity index (χ4v) is 3.56. The molecule has 1 saturated heterocycles. The van der Waals surface area contributed by atoms with Crippen molar-refractivity contribution in [1.82, 2.24) is 19.8 Å². The lowest BCUT2D eigenvalue weighted by atomic mass is 10.1. The summed E-state index contributed by atoms with van der Waals surface area (Å²) in [5.74, 6) is -0.391. The van der Waals surface area contributed by atoms with Crippen molar-refractivity contribution in [3.8, 4) is 5.82 Å². The Morgan fingerprint density at radius 3 is 2.44 bits per heavy atom. The van der Waals surface area contributed by atoms with Crippen molar-refractivity contribution in [2.24, 2.45) is 0 Å². The summed E-state index contributed by atoms with van der Waals surface area (Å²) >= 11 is 6.02. The molecule has 0 atom stereocenters. The number of nitrogens with one attached hydrogen (secondary N) is 1. The molecule has 2 amide bonds. The fourth-order valence-electron chi connectivity index (χ4n) is 3.31. The van der Waals surface area contributed by atoms with Crippen molar-refractivity contribution < 1.29 is 27.5 Å². The minimum atomic E-state index is -4.57. The van der Waals surface area contributed by atoms with Crippen molar-refractivity contribution in [2.75, 3.05) is 13.1 Å². The van der Waals surface area contributed by atoms with Gasteiger partial charge < -0.3 is 15.0 Å². The number of hydrogen-bond donors (Lipinski definition) is 1. The van der Waals surface area contributed by atoms with Crippen molar-refractivity contribution >= 4 is 23.6 Å². The number of rotatable bonds is 3. The Kier molecular flexibility index (Phi) is 6.73. The predicted molar refractivity (Wildman–Crippen MR) is 112 cm³/mol. The summed E-state index contributed by atoms with van der Waals surface area (Å²) in [6.45, 7) is 6.26. The molecule has 1 aliphatic rings. The lowest BCUT2D eigenvalue weighted by Gasteiger charge is -2.33. The molecule has 1 aliphatic heterocycles. The molecule has 3 rings (SSSR count). The summed E-state index contributed by atoms with van der Waals surface area (Å²) < 4.78 is 45.3. The number of carbonyl (C=O) groups is 2. The van der Waals surface area contributed by atoms with E-state index in [9.17, 15) is 22.8 Å². The number of alkyl halides is 3. The zero-order valence-electron chi connectivity index (χ0n) is 17.9. The van der Waals surface area contributed by atoms with Gasteiger partial charge in [0.05, 0.1) is 10.6 Å². The zero-order valence-corrected chi connectivity index (χ0v) is 18.6. The largest absolute Gasteiger partial charge is 0.444 e. The Morgan fingerprint density at radius 2 is 1.88 bits per heavy atom. The van der Waals surface area contributed by atoms with Gasteiger partial charge in [0.1, 0.15) is 11.3 Å². The van der Waals surface area contributed by atoms with Crippen molar-refractivity contribution in [2.45, 2.75) is 51.4 Å². The maximum Gasteiger partial charge on any atom is 0.417 e. The van der Waals surface area contributed by atoms with Crippen LogP contribution in [0.1, 0.15) is 49.7 Å². The lowest BCUT2D eigenvalue weighted by molar-refractivity contribution is -0.137. The van der Waals surface area contributed by atoms with Crippen LogP contribution in [0.15, 0.2) is 30.6 Å². The number of nitrogens with zero attached hydrogens (tertiary/aromatic N) is 3. The number of halogens is 4. The van der Waals surface area contributed by atoms with Gasteiger partial charge in [0.25, 0.3) is 5.91 Å². The molecule has 0 spiro atoms. The van der Waals surface area contributed by atoms with Crippen LogP contribution in [0.25, 0.3) is 5.82 Å². The second-order valence-corrected chi connectivity index (χ2v) is 8.91.